The molecule has 0 saturated heterocycles. The SMILES string of the molecule is CC(C)S(=O)(=O)N(CCN(C)C)c1ccc2[nH]c(C(=O)NC3CC3)cc2c1. The molecule has 1 aromatic heterocycles. The van der Waals surface area contributed by atoms with Gasteiger partial charge in [-0.25, -0.2) is 8.42 Å². The Balaban J connectivity index is 1.92. The lowest BCUT2D eigenvalue weighted by Gasteiger charge is -2.27. The normalized spacial score (nSPS) is 14.9. The molecule has 2 aromatic rings. The Bertz CT molecular complexity index is 930. The molecule has 1 fully saturated rings. The second-order valence-corrected chi connectivity index (χ2v) is 10.1. The summed E-state index contributed by atoms with van der Waals surface area (Å²) in [5.74, 6) is -0.116. The van der Waals surface area contributed by atoms with Crippen molar-refractivity contribution in [1.82, 2.24) is 15.2 Å². The number of nitrogens with one attached hydrogen (secondary N) is 2. The highest BCUT2D eigenvalue weighted by Crippen LogP contribution is 2.27. The topological polar surface area (TPSA) is 85.5 Å². The van der Waals surface area contributed by atoms with Crippen molar-refractivity contribution in [3.63, 3.8) is 0 Å². The molecule has 0 atom stereocenters. The van der Waals surface area contributed by atoms with Gasteiger partial charge in [0.25, 0.3) is 5.91 Å². The summed E-state index contributed by atoms with van der Waals surface area (Å²) < 4.78 is 27.2. The minimum Gasteiger partial charge on any atom is -0.351 e. The summed E-state index contributed by atoms with van der Waals surface area (Å²) in [5, 5.41) is 3.27. The fourth-order valence-corrected chi connectivity index (χ4v) is 4.09. The van der Waals surface area contributed by atoms with E-state index in [0.717, 1.165) is 23.7 Å². The van der Waals surface area contributed by atoms with Crippen molar-refractivity contribution in [2.75, 3.05) is 31.5 Å². The van der Waals surface area contributed by atoms with Crippen LogP contribution in [0.25, 0.3) is 10.9 Å². The van der Waals surface area contributed by atoms with Crippen LogP contribution >= 0.6 is 0 Å². The summed E-state index contributed by atoms with van der Waals surface area (Å²) in [6.07, 6.45) is 2.06. The van der Waals surface area contributed by atoms with E-state index in [1.807, 2.05) is 31.1 Å². The zero-order valence-corrected chi connectivity index (χ0v) is 17.1. The van der Waals surface area contributed by atoms with E-state index in [4.69, 9.17) is 0 Å². The quantitative estimate of drug-likeness (QED) is 0.721. The number of aromatic nitrogens is 1. The van der Waals surface area contributed by atoms with E-state index in [-0.39, 0.29) is 11.9 Å². The van der Waals surface area contributed by atoms with Gasteiger partial charge < -0.3 is 15.2 Å². The lowest BCUT2D eigenvalue weighted by Crippen LogP contribution is -2.40. The van der Waals surface area contributed by atoms with Crippen LogP contribution in [0.15, 0.2) is 24.3 Å². The lowest BCUT2D eigenvalue weighted by atomic mass is 10.2. The first-order valence-corrected chi connectivity index (χ1v) is 10.8. The van der Waals surface area contributed by atoms with Crippen LogP contribution in [-0.4, -0.2) is 62.7 Å². The summed E-state index contributed by atoms with van der Waals surface area (Å²) in [4.78, 5) is 17.3. The molecule has 148 valence electrons. The zero-order valence-electron chi connectivity index (χ0n) is 16.3. The number of nitrogens with zero attached hydrogens (tertiary/aromatic N) is 2. The second kappa shape index (κ2) is 7.52. The first-order valence-electron chi connectivity index (χ1n) is 9.28. The van der Waals surface area contributed by atoms with Crippen molar-refractivity contribution in [2.45, 2.75) is 38.0 Å². The molecule has 1 aliphatic carbocycles. The van der Waals surface area contributed by atoms with Gasteiger partial charge in [0.15, 0.2) is 0 Å². The number of aromatic amines is 1. The molecule has 7 nitrogen and oxygen atoms in total. The molecule has 27 heavy (non-hydrogen) atoms. The number of anilines is 1. The first-order chi connectivity index (χ1) is 12.7. The third-order valence-corrected chi connectivity index (χ3v) is 6.90. The number of carbonyl (C=O) groups is 1. The third kappa shape index (κ3) is 4.44. The van der Waals surface area contributed by atoms with Gasteiger partial charge in [-0.05, 0) is 65.0 Å². The van der Waals surface area contributed by atoms with Gasteiger partial charge in [0.1, 0.15) is 5.69 Å². The summed E-state index contributed by atoms with van der Waals surface area (Å²) in [5.41, 5.74) is 1.93. The average molecular weight is 393 g/mol. The number of hydrogen-bond donors (Lipinski definition) is 2. The number of H-pyrrole nitrogens is 1. The van der Waals surface area contributed by atoms with Crippen molar-refractivity contribution in [3.8, 4) is 0 Å². The molecule has 1 heterocycles. The molecule has 0 aliphatic heterocycles. The number of benzene rings is 1. The van der Waals surface area contributed by atoms with Gasteiger partial charge >= 0.3 is 0 Å². The van der Waals surface area contributed by atoms with Crippen LogP contribution in [0.5, 0.6) is 0 Å². The maximum Gasteiger partial charge on any atom is 0.267 e. The summed E-state index contributed by atoms with van der Waals surface area (Å²) in [6.45, 7) is 4.37. The molecule has 8 heteroatoms. The largest absolute Gasteiger partial charge is 0.351 e. The van der Waals surface area contributed by atoms with E-state index in [0.29, 0.717) is 24.5 Å². The van der Waals surface area contributed by atoms with Gasteiger partial charge in [-0.2, -0.15) is 0 Å². The Morgan fingerprint density at radius 2 is 1.93 bits per heavy atom. The van der Waals surface area contributed by atoms with Crippen LogP contribution in [0.1, 0.15) is 37.2 Å². The lowest BCUT2D eigenvalue weighted by molar-refractivity contribution is 0.0947. The predicted octanol–water partition coefficient (Wildman–Crippen LogP) is 2.17. The van der Waals surface area contributed by atoms with Gasteiger partial charge in [0.05, 0.1) is 10.9 Å². The Labute approximate surface area is 160 Å². The zero-order chi connectivity index (χ0) is 19.8. The van der Waals surface area contributed by atoms with Crippen molar-refractivity contribution >= 4 is 32.5 Å². The first kappa shape index (κ1) is 19.7. The van der Waals surface area contributed by atoms with Crippen LogP contribution in [0, 0.1) is 0 Å². The highest BCUT2D eigenvalue weighted by molar-refractivity contribution is 7.93. The van der Waals surface area contributed by atoms with Crippen LogP contribution in [-0.2, 0) is 10.0 Å². The average Bonchev–Trinajstić information content (AvgIpc) is 3.29. The molecule has 1 saturated carbocycles. The fraction of sp³-hybridized carbons (Fsp3) is 0.526. The molecule has 1 aliphatic rings. The van der Waals surface area contributed by atoms with E-state index in [1.54, 1.807) is 26.0 Å². The Morgan fingerprint density at radius 1 is 1.22 bits per heavy atom. The number of sulfonamides is 1. The Morgan fingerprint density at radius 3 is 2.52 bits per heavy atom. The van der Waals surface area contributed by atoms with Gasteiger partial charge in [-0.1, -0.05) is 0 Å². The number of hydrogen-bond acceptors (Lipinski definition) is 4. The van der Waals surface area contributed by atoms with Crippen LogP contribution in [0.3, 0.4) is 0 Å². The second-order valence-electron chi connectivity index (χ2n) is 7.67. The fourth-order valence-electron chi connectivity index (χ4n) is 2.84. The molecule has 0 unspecified atom stereocenters. The molecular formula is C19H28N4O3S. The molecule has 0 bridgehead atoms. The van der Waals surface area contributed by atoms with E-state index >= 15 is 0 Å². The number of likely N-dealkylation sites (N-methyl/N-ethyl adjacent to an activating group) is 1. The number of amides is 1. The van der Waals surface area contributed by atoms with Gasteiger partial charge in [0, 0.05) is 30.0 Å². The third-order valence-electron chi connectivity index (χ3n) is 4.70. The Hall–Kier alpha value is -2.06. The molecular weight excluding hydrogens is 364 g/mol. The highest BCUT2D eigenvalue weighted by atomic mass is 32.2. The van der Waals surface area contributed by atoms with E-state index in [1.165, 1.54) is 4.31 Å². The van der Waals surface area contributed by atoms with E-state index < -0.39 is 15.3 Å². The summed E-state index contributed by atoms with van der Waals surface area (Å²) in [6, 6.07) is 7.52. The van der Waals surface area contributed by atoms with Crippen LogP contribution in [0.2, 0.25) is 0 Å². The predicted molar refractivity (Wildman–Crippen MR) is 109 cm³/mol. The molecule has 3 rings (SSSR count). The van der Waals surface area contributed by atoms with Crippen molar-refractivity contribution in [1.29, 1.82) is 0 Å². The molecule has 2 N–H and O–H groups in total. The molecule has 1 aromatic carbocycles. The van der Waals surface area contributed by atoms with Crippen molar-refractivity contribution in [2.24, 2.45) is 0 Å². The highest BCUT2D eigenvalue weighted by Gasteiger charge is 2.27. The van der Waals surface area contributed by atoms with Crippen LogP contribution in [0.4, 0.5) is 5.69 Å². The van der Waals surface area contributed by atoms with Gasteiger partial charge in [0.2, 0.25) is 10.0 Å². The van der Waals surface area contributed by atoms with Crippen molar-refractivity contribution < 1.29 is 13.2 Å². The number of fused-ring (bicyclic) bond motifs is 1. The van der Waals surface area contributed by atoms with Crippen molar-refractivity contribution in [3.05, 3.63) is 30.0 Å². The smallest absolute Gasteiger partial charge is 0.267 e. The number of rotatable bonds is 8. The maximum absolute atomic E-state index is 12.9. The van der Waals surface area contributed by atoms with E-state index in [9.17, 15) is 13.2 Å². The molecule has 0 spiro atoms. The molecule has 1 amide bonds. The summed E-state index contributed by atoms with van der Waals surface area (Å²) >= 11 is 0. The number of carbonyl (C=O) groups excluding carboxylic acids is 1. The minimum atomic E-state index is -3.46. The van der Waals surface area contributed by atoms with E-state index in [2.05, 4.69) is 10.3 Å². The van der Waals surface area contributed by atoms with Gasteiger partial charge in [-0.3, -0.25) is 9.10 Å². The molecule has 0 radical (unpaired) electrons. The standard InChI is InChI=1S/C19H28N4O3S/c1-13(2)27(25,26)23(10-9-22(3)4)16-7-8-17-14(11-16)12-18(21-17)19(24)20-15-5-6-15/h7-8,11-13,15,21H,5-6,9-10H2,1-4H3,(H,20,24). The van der Waals surface area contributed by atoms with Crippen LogP contribution < -0.4 is 9.62 Å². The minimum absolute atomic E-state index is 0.116. The Kier molecular flexibility index (Phi) is 5.48. The van der Waals surface area contributed by atoms with Gasteiger partial charge in [-0.15, -0.1) is 0 Å². The summed E-state index contributed by atoms with van der Waals surface area (Å²) in [7, 11) is 0.378. The maximum atomic E-state index is 12.9. The monoisotopic (exact) mass is 392 g/mol.